The zero-order valence-corrected chi connectivity index (χ0v) is 15.5. The minimum Gasteiger partial charge on any atom is -0.486 e. The highest BCUT2D eigenvalue weighted by atomic mass is 16.5. The van der Waals surface area contributed by atoms with Crippen LogP contribution >= 0.6 is 0 Å². The van der Waals surface area contributed by atoms with Gasteiger partial charge in [0.15, 0.2) is 5.76 Å². The van der Waals surface area contributed by atoms with Gasteiger partial charge in [-0.3, -0.25) is 4.79 Å². The van der Waals surface area contributed by atoms with Gasteiger partial charge in [0.1, 0.15) is 24.8 Å². The Morgan fingerprint density at radius 2 is 2.00 bits per heavy atom. The van der Waals surface area contributed by atoms with Gasteiger partial charge in [-0.15, -0.1) is 0 Å². The van der Waals surface area contributed by atoms with Gasteiger partial charge in [-0.25, -0.2) is 4.68 Å². The van der Waals surface area contributed by atoms with Crippen LogP contribution in [0.3, 0.4) is 0 Å². The molecule has 2 heterocycles. The Morgan fingerprint density at radius 3 is 2.74 bits per heavy atom. The van der Waals surface area contributed by atoms with Crippen molar-refractivity contribution in [2.75, 3.05) is 11.9 Å². The highest BCUT2D eigenvalue weighted by Crippen LogP contribution is 2.17. The van der Waals surface area contributed by atoms with Gasteiger partial charge < -0.3 is 19.2 Å². The van der Waals surface area contributed by atoms with Crippen LogP contribution in [0.4, 0.5) is 5.69 Å². The van der Waals surface area contributed by atoms with Crippen LogP contribution in [-0.2, 0) is 24.5 Å². The largest absolute Gasteiger partial charge is 0.486 e. The molecule has 0 radical (unpaired) electrons. The average molecular weight is 369 g/mol. The Balaban J connectivity index is 1.53. The number of anilines is 1. The molecule has 0 atom stereocenters. The van der Waals surface area contributed by atoms with Crippen molar-refractivity contribution in [3.8, 4) is 5.75 Å². The summed E-state index contributed by atoms with van der Waals surface area (Å²) in [5.41, 5.74) is 1.83. The SMILES string of the molecule is CCOCn1cc(NC(=O)c2ccc(COc3ccc(CC)cc3)o2)cn1. The van der Waals surface area contributed by atoms with Crippen LogP contribution in [0.1, 0.15) is 35.7 Å². The number of nitrogens with one attached hydrogen (secondary N) is 1. The zero-order chi connectivity index (χ0) is 19.1. The molecule has 1 aromatic carbocycles. The van der Waals surface area contributed by atoms with Gasteiger partial charge in [0.25, 0.3) is 5.91 Å². The van der Waals surface area contributed by atoms with E-state index in [-0.39, 0.29) is 18.3 Å². The highest BCUT2D eigenvalue weighted by Gasteiger charge is 2.13. The van der Waals surface area contributed by atoms with Crippen molar-refractivity contribution in [1.29, 1.82) is 0 Å². The second-order valence-electron chi connectivity index (χ2n) is 5.90. The Kier molecular flexibility index (Phi) is 6.27. The molecule has 142 valence electrons. The molecular formula is C20H23N3O4. The second kappa shape index (κ2) is 9.05. The summed E-state index contributed by atoms with van der Waals surface area (Å²) in [7, 11) is 0. The van der Waals surface area contributed by atoms with Gasteiger partial charge in [-0.05, 0) is 43.2 Å². The number of furan rings is 1. The summed E-state index contributed by atoms with van der Waals surface area (Å²) in [5.74, 6) is 1.21. The predicted molar refractivity (Wildman–Crippen MR) is 101 cm³/mol. The van der Waals surface area contributed by atoms with Crippen LogP contribution in [0.25, 0.3) is 0 Å². The number of carbonyl (C=O) groups is 1. The van der Waals surface area contributed by atoms with Gasteiger partial charge in [0.05, 0.1) is 18.1 Å². The molecular weight excluding hydrogens is 346 g/mol. The smallest absolute Gasteiger partial charge is 0.291 e. The van der Waals surface area contributed by atoms with E-state index in [4.69, 9.17) is 13.9 Å². The van der Waals surface area contributed by atoms with Crippen LogP contribution < -0.4 is 10.1 Å². The first-order valence-electron chi connectivity index (χ1n) is 8.90. The molecule has 1 N–H and O–H groups in total. The Hall–Kier alpha value is -3.06. The minimum absolute atomic E-state index is 0.215. The second-order valence-corrected chi connectivity index (χ2v) is 5.90. The molecule has 0 fully saturated rings. The maximum absolute atomic E-state index is 12.3. The third kappa shape index (κ3) is 5.21. The first-order chi connectivity index (χ1) is 13.2. The number of carbonyl (C=O) groups excluding carboxylic acids is 1. The summed E-state index contributed by atoms with van der Waals surface area (Å²) < 4.78 is 18.1. The molecule has 3 rings (SSSR count). The van der Waals surface area contributed by atoms with Crippen LogP contribution in [0.5, 0.6) is 5.75 Å². The summed E-state index contributed by atoms with van der Waals surface area (Å²) in [4.78, 5) is 12.3. The van der Waals surface area contributed by atoms with E-state index in [2.05, 4.69) is 17.3 Å². The third-order valence-electron chi connectivity index (χ3n) is 3.92. The fourth-order valence-electron chi connectivity index (χ4n) is 2.43. The van der Waals surface area contributed by atoms with E-state index < -0.39 is 0 Å². The van der Waals surface area contributed by atoms with Crippen molar-refractivity contribution >= 4 is 11.6 Å². The molecule has 27 heavy (non-hydrogen) atoms. The van der Waals surface area contributed by atoms with Gasteiger partial charge in [0.2, 0.25) is 0 Å². The average Bonchev–Trinajstić information content (AvgIpc) is 3.34. The number of aryl methyl sites for hydroxylation is 1. The van der Waals surface area contributed by atoms with E-state index in [0.29, 0.717) is 24.8 Å². The first kappa shape index (κ1) is 18.7. The van der Waals surface area contributed by atoms with E-state index in [1.54, 1.807) is 29.2 Å². The molecule has 0 saturated heterocycles. The maximum atomic E-state index is 12.3. The summed E-state index contributed by atoms with van der Waals surface area (Å²) in [6.07, 6.45) is 4.24. The van der Waals surface area contributed by atoms with Crippen LogP contribution in [0.15, 0.2) is 53.2 Å². The maximum Gasteiger partial charge on any atom is 0.291 e. The lowest BCUT2D eigenvalue weighted by atomic mass is 10.2. The van der Waals surface area contributed by atoms with Gasteiger partial charge in [0, 0.05) is 6.61 Å². The van der Waals surface area contributed by atoms with E-state index in [9.17, 15) is 4.79 Å². The van der Waals surface area contributed by atoms with Crippen molar-refractivity contribution in [2.45, 2.75) is 33.6 Å². The molecule has 0 aliphatic heterocycles. The lowest BCUT2D eigenvalue weighted by Crippen LogP contribution is -2.10. The zero-order valence-electron chi connectivity index (χ0n) is 15.5. The Labute approximate surface area is 157 Å². The number of rotatable bonds is 9. The normalized spacial score (nSPS) is 10.7. The number of ether oxygens (including phenoxy) is 2. The summed E-state index contributed by atoms with van der Waals surface area (Å²) in [6, 6.07) is 11.3. The van der Waals surface area contributed by atoms with Crippen molar-refractivity contribution in [2.24, 2.45) is 0 Å². The molecule has 0 aliphatic carbocycles. The molecule has 0 unspecified atom stereocenters. The third-order valence-corrected chi connectivity index (χ3v) is 3.92. The lowest BCUT2D eigenvalue weighted by molar-refractivity contribution is 0.0792. The van der Waals surface area contributed by atoms with E-state index >= 15 is 0 Å². The molecule has 0 aliphatic rings. The molecule has 0 saturated carbocycles. The van der Waals surface area contributed by atoms with Crippen molar-refractivity contribution in [3.05, 3.63) is 65.9 Å². The molecule has 0 bridgehead atoms. The minimum atomic E-state index is -0.343. The van der Waals surface area contributed by atoms with Gasteiger partial charge >= 0.3 is 0 Å². The standard InChI is InChI=1S/C20H23N3O4/c1-3-15-5-7-17(8-6-15)26-13-18-9-10-19(27-18)20(24)22-16-11-21-23(12-16)14-25-4-2/h5-12H,3-4,13-14H2,1-2H3,(H,22,24). The van der Waals surface area contributed by atoms with Gasteiger partial charge in [-0.2, -0.15) is 5.10 Å². The molecule has 0 spiro atoms. The topological polar surface area (TPSA) is 78.5 Å². The number of nitrogens with zero attached hydrogens (tertiary/aromatic N) is 2. The van der Waals surface area contributed by atoms with Crippen molar-refractivity contribution < 1.29 is 18.7 Å². The molecule has 2 aromatic heterocycles. The van der Waals surface area contributed by atoms with E-state index in [1.807, 2.05) is 31.2 Å². The van der Waals surface area contributed by atoms with E-state index in [0.717, 1.165) is 12.2 Å². The van der Waals surface area contributed by atoms with Gasteiger partial charge in [-0.1, -0.05) is 19.1 Å². The number of benzene rings is 1. The Bertz CT molecular complexity index is 867. The molecule has 1 amide bonds. The fourth-order valence-corrected chi connectivity index (χ4v) is 2.43. The van der Waals surface area contributed by atoms with Crippen molar-refractivity contribution in [1.82, 2.24) is 9.78 Å². The quantitative estimate of drug-likeness (QED) is 0.619. The summed E-state index contributed by atoms with van der Waals surface area (Å²) in [5, 5.41) is 6.85. The molecule has 7 nitrogen and oxygen atoms in total. The molecule has 7 heteroatoms. The van der Waals surface area contributed by atoms with Crippen LogP contribution in [0.2, 0.25) is 0 Å². The lowest BCUT2D eigenvalue weighted by Gasteiger charge is -2.05. The molecule has 3 aromatic rings. The number of aromatic nitrogens is 2. The van der Waals surface area contributed by atoms with Crippen molar-refractivity contribution in [3.63, 3.8) is 0 Å². The monoisotopic (exact) mass is 369 g/mol. The summed E-state index contributed by atoms with van der Waals surface area (Å²) >= 11 is 0. The fraction of sp³-hybridized carbons (Fsp3) is 0.300. The number of amides is 1. The Morgan fingerprint density at radius 1 is 1.19 bits per heavy atom. The summed E-state index contributed by atoms with van der Waals surface area (Å²) in [6.45, 7) is 5.21. The number of hydrogen-bond acceptors (Lipinski definition) is 5. The van der Waals surface area contributed by atoms with Crippen LogP contribution in [0, 0.1) is 0 Å². The van der Waals surface area contributed by atoms with Crippen LogP contribution in [-0.4, -0.2) is 22.3 Å². The predicted octanol–water partition coefficient (Wildman–Crippen LogP) is 3.86. The first-order valence-corrected chi connectivity index (χ1v) is 8.90. The van der Waals surface area contributed by atoms with E-state index in [1.165, 1.54) is 5.56 Å². The highest BCUT2D eigenvalue weighted by molar-refractivity contribution is 6.02. The number of hydrogen-bond donors (Lipinski definition) is 1.